The number of carbonyl (C=O) groups excluding carboxylic acids is 2. The third kappa shape index (κ3) is 4.50. The summed E-state index contributed by atoms with van der Waals surface area (Å²) in [4.78, 5) is 24.8. The first-order valence-corrected chi connectivity index (χ1v) is 7.85. The molecule has 0 aliphatic carbocycles. The molecule has 0 saturated carbocycles. The van der Waals surface area contributed by atoms with Crippen molar-refractivity contribution in [1.29, 1.82) is 0 Å². The molecule has 2 N–H and O–H groups in total. The second-order valence-electron chi connectivity index (χ2n) is 5.57. The molecule has 0 radical (unpaired) electrons. The Balaban J connectivity index is 2.07. The Morgan fingerprint density at radius 3 is 2.40 bits per heavy atom. The van der Waals surface area contributed by atoms with E-state index in [9.17, 15) is 9.59 Å². The number of aryl methyl sites for hydroxylation is 1. The van der Waals surface area contributed by atoms with Gasteiger partial charge in [-0.1, -0.05) is 18.2 Å². The standard InChI is InChI=1S/C19H22N2O4/c1-12-7-5-6-8-16(12)21-18(22)13(2)20-19(23)15-10-9-14(24-3)11-17(15)25-4/h5-11,13H,1-4H3,(H,20,23)(H,21,22)/t13-/m1/s1. The molecule has 0 aromatic heterocycles. The van der Waals surface area contributed by atoms with Crippen molar-refractivity contribution in [1.82, 2.24) is 5.32 Å². The highest BCUT2D eigenvalue weighted by Gasteiger charge is 2.20. The lowest BCUT2D eigenvalue weighted by molar-refractivity contribution is -0.117. The summed E-state index contributed by atoms with van der Waals surface area (Å²) >= 11 is 0. The maximum atomic E-state index is 12.4. The molecule has 6 nitrogen and oxygen atoms in total. The molecule has 2 aromatic carbocycles. The lowest BCUT2D eigenvalue weighted by atomic mass is 10.1. The third-order valence-corrected chi connectivity index (χ3v) is 3.80. The van der Waals surface area contributed by atoms with Crippen molar-refractivity contribution in [3.8, 4) is 11.5 Å². The monoisotopic (exact) mass is 342 g/mol. The van der Waals surface area contributed by atoms with E-state index in [1.165, 1.54) is 14.2 Å². The molecule has 0 bridgehead atoms. The molecule has 0 saturated heterocycles. The van der Waals surface area contributed by atoms with Gasteiger partial charge in [0.15, 0.2) is 0 Å². The summed E-state index contributed by atoms with van der Waals surface area (Å²) in [5.74, 6) is 0.268. The number of para-hydroxylation sites is 1. The summed E-state index contributed by atoms with van der Waals surface area (Å²) in [6, 6.07) is 11.6. The van der Waals surface area contributed by atoms with Crippen LogP contribution in [0, 0.1) is 6.92 Å². The number of carbonyl (C=O) groups is 2. The molecule has 0 fully saturated rings. The van der Waals surface area contributed by atoms with Crippen LogP contribution >= 0.6 is 0 Å². The number of anilines is 1. The van der Waals surface area contributed by atoms with Gasteiger partial charge in [-0.3, -0.25) is 9.59 Å². The van der Waals surface area contributed by atoms with Crippen molar-refractivity contribution in [2.24, 2.45) is 0 Å². The molecule has 25 heavy (non-hydrogen) atoms. The van der Waals surface area contributed by atoms with E-state index >= 15 is 0 Å². The van der Waals surface area contributed by atoms with Gasteiger partial charge >= 0.3 is 0 Å². The van der Waals surface area contributed by atoms with Crippen LogP contribution in [-0.4, -0.2) is 32.1 Å². The average Bonchev–Trinajstić information content (AvgIpc) is 2.62. The van der Waals surface area contributed by atoms with Gasteiger partial charge in [0.1, 0.15) is 17.5 Å². The fourth-order valence-electron chi connectivity index (χ4n) is 2.28. The van der Waals surface area contributed by atoms with Crippen molar-refractivity contribution in [2.45, 2.75) is 19.9 Å². The minimum absolute atomic E-state index is 0.296. The number of amides is 2. The highest BCUT2D eigenvalue weighted by molar-refractivity contribution is 6.02. The second kappa shape index (κ2) is 8.19. The van der Waals surface area contributed by atoms with Crippen molar-refractivity contribution in [3.63, 3.8) is 0 Å². The zero-order valence-electron chi connectivity index (χ0n) is 14.8. The van der Waals surface area contributed by atoms with E-state index in [0.717, 1.165) is 11.3 Å². The SMILES string of the molecule is COc1ccc(C(=O)N[C@H](C)C(=O)Nc2ccccc2C)c(OC)c1. The Labute approximate surface area is 147 Å². The fourth-order valence-corrected chi connectivity index (χ4v) is 2.28. The first-order valence-electron chi connectivity index (χ1n) is 7.85. The summed E-state index contributed by atoms with van der Waals surface area (Å²) in [6.07, 6.45) is 0. The van der Waals surface area contributed by atoms with Crippen LogP contribution in [0.3, 0.4) is 0 Å². The molecule has 0 unspecified atom stereocenters. The van der Waals surface area contributed by atoms with Crippen molar-refractivity contribution >= 4 is 17.5 Å². The number of benzene rings is 2. The molecular formula is C19H22N2O4. The van der Waals surface area contributed by atoms with Gasteiger partial charge in [-0.05, 0) is 37.6 Å². The number of rotatable bonds is 6. The smallest absolute Gasteiger partial charge is 0.255 e. The van der Waals surface area contributed by atoms with Crippen LogP contribution in [0.2, 0.25) is 0 Å². The molecule has 2 amide bonds. The Morgan fingerprint density at radius 1 is 1.04 bits per heavy atom. The van der Waals surface area contributed by atoms with Gasteiger partial charge in [0, 0.05) is 11.8 Å². The van der Waals surface area contributed by atoms with Crippen LogP contribution in [0.25, 0.3) is 0 Å². The minimum atomic E-state index is -0.709. The van der Waals surface area contributed by atoms with Crippen molar-refractivity contribution < 1.29 is 19.1 Å². The summed E-state index contributed by atoms with van der Waals surface area (Å²) in [5, 5.41) is 5.48. The summed E-state index contributed by atoms with van der Waals surface area (Å²) < 4.78 is 10.3. The van der Waals surface area contributed by atoms with Gasteiger partial charge in [0.2, 0.25) is 5.91 Å². The molecule has 0 spiro atoms. The van der Waals surface area contributed by atoms with Crippen LogP contribution in [0.4, 0.5) is 5.69 Å². The van der Waals surface area contributed by atoms with E-state index in [2.05, 4.69) is 10.6 Å². The Morgan fingerprint density at radius 2 is 1.76 bits per heavy atom. The average molecular weight is 342 g/mol. The molecular weight excluding hydrogens is 320 g/mol. The predicted molar refractivity (Wildman–Crippen MR) is 96.3 cm³/mol. The Hall–Kier alpha value is -3.02. The van der Waals surface area contributed by atoms with Crippen LogP contribution in [0.15, 0.2) is 42.5 Å². The quantitative estimate of drug-likeness (QED) is 0.846. The van der Waals surface area contributed by atoms with E-state index in [1.54, 1.807) is 25.1 Å². The molecule has 1 atom stereocenters. The molecule has 0 heterocycles. The van der Waals surface area contributed by atoms with Gasteiger partial charge in [-0.25, -0.2) is 0 Å². The highest BCUT2D eigenvalue weighted by Crippen LogP contribution is 2.24. The van der Waals surface area contributed by atoms with Gasteiger partial charge in [0.05, 0.1) is 19.8 Å². The lowest BCUT2D eigenvalue weighted by Crippen LogP contribution is -2.41. The first kappa shape index (κ1) is 18.3. The zero-order valence-corrected chi connectivity index (χ0v) is 14.8. The highest BCUT2D eigenvalue weighted by atomic mass is 16.5. The number of nitrogens with one attached hydrogen (secondary N) is 2. The molecule has 132 valence electrons. The number of hydrogen-bond donors (Lipinski definition) is 2. The van der Waals surface area contributed by atoms with Crippen LogP contribution in [-0.2, 0) is 4.79 Å². The van der Waals surface area contributed by atoms with Gasteiger partial charge in [0.25, 0.3) is 5.91 Å². The van der Waals surface area contributed by atoms with Crippen LogP contribution in [0.5, 0.6) is 11.5 Å². The largest absolute Gasteiger partial charge is 0.497 e. The fraction of sp³-hybridized carbons (Fsp3) is 0.263. The number of hydrogen-bond acceptors (Lipinski definition) is 4. The van der Waals surface area contributed by atoms with Gasteiger partial charge in [-0.2, -0.15) is 0 Å². The van der Waals surface area contributed by atoms with Crippen molar-refractivity contribution in [3.05, 3.63) is 53.6 Å². The summed E-state index contributed by atoms with van der Waals surface area (Å²) in [6.45, 7) is 3.53. The third-order valence-electron chi connectivity index (χ3n) is 3.80. The number of methoxy groups -OCH3 is 2. The zero-order chi connectivity index (χ0) is 18.4. The van der Waals surface area contributed by atoms with E-state index in [1.807, 2.05) is 31.2 Å². The maximum absolute atomic E-state index is 12.4. The molecule has 2 rings (SSSR count). The van der Waals surface area contributed by atoms with E-state index in [0.29, 0.717) is 17.1 Å². The van der Waals surface area contributed by atoms with Crippen molar-refractivity contribution in [2.75, 3.05) is 19.5 Å². The predicted octanol–water partition coefficient (Wildman–Crippen LogP) is 2.77. The summed E-state index contributed by atoms with van der Waals surface area (Å²) in [7, 11) is 3.01. The second-order valence-corrected chi connectivity index (χ2v) is 5.57. The lowest BCUT2D eigenvalue weighted by Gasteiger charge is -2.16. The van der Waals surface area contributed by atoms with E-state index < -0.39 is 11.9 Å². The van der Waals surface area contributed by atoms with Gasteiger partial charge < -0.3 is 20.1 Å². The first-order chi connectivity index (χ1) is 12.0. The summed E-state index contributed by atoms with van der Waals surface area (Å²) in [5.41, 5.74) is 2.00. The van der Waals surface area contributed by atoms with Crippen LogP contribution < -0.4 is 20.1 Å². The normalized spacial score (nSPS) is 11.4. The molecule has 6 heteroatoms. The molecule has 2 aromatic rings. The number of ether oxygens (including phenoxy) is 2. The Kier molecular flexibility index (Phi) is 6.00. The molecule has 0 aliphatic rings. The maximum Gasteiger partial charge on any atom is 0.255 e. The van der Waals surface area contributed by atoms with E-state index in [-0.39, 0.29) is 5.91 Å². The topological polar surface area (TPSA) is 76.7 Å². The van der Waals surface area contributed by atoms with Crippen LogP contribution in [0.1, 0.15) is 22.8 Å². The molecule has 0 aliphatic heterocycles. The van der Waals surface area contributed by atoms with Gasteiger partial charge in [-0.15, -0.1) is 0 Å². The Bertz CT molecular complexity index is 774. The van der Waals surface area contributed by atoms with E-state index in [4.69, 9.17) is 9.47 Å². The minimum Gasteiger partial charge on any atom is -0.497 e.